The maximum absolute atomic E-state index is 8.88. The van der Waals surface area contributed by atoms with Gasteiger partial charge >= 0.3 is 0 Å². The molecule has 0 amide bonds. The van der Waals surface area contributed by atoms with E-state index in [-0.39, 0.29) is 0 Å². The normalized spacial score (nSPS) is 23.1. The molecule has 2 fully saturated rings. The van der Waals surface area contributed by atoms with Crippen molar-refractivity contribution in [2.75, 3.05) is 0 Å². The Hall–Kier alpha value is -1.63. The lowest BCUT2D eigenvalue weighted by atomic mass is 9.91. The van der Waals surface area contributed by atoms with Crippen LogP contribution in [-0.2, 0) is 7.05 Å². The SMILES string of the molecule is [2H]C1(c2ccc(C)c(-c3cc(C4([2H])CCCC4)cc[n+]3C)c2)CCCC1. The standard InChI is InChI=1S/C23H30N/c1-17-11-12-20(18-7-3-4-8-18)15-22(17)23-16-21(13-14-24(23)2)19-9-5-6-10-19/h11-16,18-19H,3-10H2,1-2H3/q+1/i18D,19D. The predicted molar refractivity (Wildman–Crippen MR) is 100 cm³/mol. The first-order valence-electron chi connectivity index (χ1n) is 10.5. The van der Waals surface area contributed by atoms with Crippen molar-refractivity contribution in [3.05, 3.63) is 53.2 Å². The van der Waals surface area contributed by atoms with Crippen LogP contribution in [0.15, 0.2) is 36.5 Å². The number of rotatable bonds is 3. The maximum Gasteiger partial charge on any atom is 0.212 e. The highest BCUT2D eigenvalue weighted by molar-refractivity contribution is 5.63. The highest BCUT2D eigenvalue weighted by Crippen LogP contribution is 2.38. The first-order valence-corrected chi connectivity index (χ1v) is 9.53. The summed E-state index contributed by atoms with van der Waals surface area (Å²) in [4.78, 5) is 0. The average molecular weight is 323 g/mol. The van der Waals surface area contributed by atoms with Crippen LogP contribution >= 0.6 is 0 Å². The molecule has 0 unspecified atom stereocenters. The summed E-state index contributed by atoms with van der Waals surface area (Å²) in [5.41, 5.74) is 5.93. The van der Waals surface area contributed by atoms with Crippen molar-refractivity contribution in [1.82, 2.24) is 0 Å². The Balaban J connectivity index is 1.80. The zero-order valence-electron chi connectivity index (χ0n) is 17.1. The van der Waals surface area contributed by atoms with Crippen molar-refractivity contribution in [2.45, 2.75) is 70.1 Å². The number of aromatic nitrogens is 1. The van der Waals surface area contributed by atoms with Crippen molar-refractivity contribution < 1.29 is 7.31 Å². The second-order valence-electron chi connectivity index (χ2n) is 7.56. The largest absolute Gasteiger partial charge is 0.212 e. The molecule has 0 bridgehead atoms. The van der Waals surface area contributed by atoms with Gasteiger partial charge in [-0.05, 0) is 67.2 Å². The van der Waals surface area contributed by atoms with Crippen LogP contribution in [0.5, 0.6) is 0 Å². The Morgan fingerprint density at radius 1 is 0.875 bits per heavy atom. The topological polar surface area (TPSA) is 3.88 Å². The molecule has 126 valence electrons. The van der Waals surface area contributed by atoms with Crippen LogP contribution in [0.1, 0.15) is 82.6 Å². The van der Waals surface area contributed by atoms with E-state index in [4.69, 9.17) is 2.74 Å². The summed E-state index contributed by atoms with van der Waals surface area (Å²) < 4.78 is 19.9. The van der Waals surface area contributed by atoms with Gasteiger partial charge in [0.25, 0.3) is 0 Å². The molecule has 0 aliphatic heterocycles. The van der Waals surface area contributed by atoms with Gasteiger partial charge in [0.2, 0.25) is 5.69 Å². The van der Waals surface area contributed by atoms with Crippen molar-refractivity contribution >= 4 is 0 Å². The fourth-order valence-corrected chi connectivity index (χ4v) is 4.36. The van der Waals surface area contributed by atoms with E-state index in [1.54, 1.807) is 0 Å². The Morgan fingerprint density at radius 2 is 1.46 bits per heavy atom. The van der Waals surface area contributed by atoms with E-state index in [1.807, 2.05) is 0 Å². The highest BCUT2D eigenvalue weighted by atomic mass is 14.9. The van der Waals surface area contributed by atoms with Crippen molar-refractivity contribution in [3.63, 3.8) is 0 Å². The molecule has 1 heterocycles. The van der Waals surface area contributed by atoms with Crippen molar-refractivity contribution in [3.8, 4) is 11.3 Å². The zero-order valence-corrected chi connectivity index (χ0v) is 15.1. The van der Waals surface area contributed by atoms with Gasteiger partial charge in [-0.1, -0.05) is 37.8 Å². The summed E-state index contributed by atoms with van der Waals surface area (Å²) in [5.74, 6) is -0.836. The van der Waals surface area contributed by atoms with Crippen LogP contribution in [0.25, 0.3) is 11.3 Å². The van der Waals surface area contributed by atoms with Crippen LogP contribution in [0.2, 0.25) is 0 Å². The molecule has 2 saturated carbocycles. The number of aryl methyl sites for hydroxylation is 2. The molecule has 1 heteroatoms. The van der Waals surface area contributed by atoms with Gasteiger partial charge in [-0.15, -0.1) is 0 Å². The Bertz CT molecular complexity index is 745. The minimum Gasteiger partial charge on any atom is -0.201 e. The Morgan fingerprint density at radius 3 is 2.08 bits per heavy atom. The molecule has 0 saturated heterocycles. The van der Waals surface area contributed by atoms with Gasteiger partial charge in [0, 0.05) is 20.4 Å². The molecule has 2 aliphatic rings. The molecule has 1 aromatic heterocycles. The van der Waals surface area contributed by atoms with Gasteiger partial charge in [0.1, 0.15) is 7.05 Å². The average Bonchev–Trinajstić information content (AvgIpc) is 3.26. The molecule has 2 aromatic rings. The molecular formula is C23H30N+. The first-order chi connectivity index (χ1) is 12.4. The molecule has 0 radical (unpaired) electrons. The van der Waals surface area contributed by atoms with Gasteiger partial charge in [-0.3, -0.25) is 0 Å². The molecule has 1 aromatic carbocycles. The third-order valence-electron chi connectivity index (χ3n) is 5.89. The lowest BCUT2D eigenvalue weighted by molar-refractivity contribution is -0.660. The summed E-state index contributed by atoms with van der Waals surface area (Å²) >= 11 is 0. The van der Waals surface area contributed by atoms with Crippen LogP contribution in [0, 0.1) is 6.92 Å². The molecule has 24 heavy (non-hydrogen) atoms. The van der Waals surface area contributed by atoms with E-state index < -0.39 is 11.8 Å². The molecule has 0 atom stereocenters. The summed E-state index contributed by atoms with van der Waals surface area (Å²) in [6, 6.07) is 10.9. The molecule has 0 spiro atoms. The molecule has 1 nitrogen and oxygen atoms in total. The summed E-state index contributed by atoms with van der Waals surface area (Å²) in [6.45, 7) is 2.16. The second kappa shape index (κ2) is 6.70. The third kappa shape index (κ3) is 3.01. The second-order valence-corrected chi connectivity index (χ2v) is 7.56. The molecule has 2 aliphatic carbocycles. The van der Waals surface area contributed by atoms with E-state index in [0.29, 0.717) is 0 Å². The minimum absolute atomic E-state index is 0.416. The van der Waals surface area contributed by atoms with Crippen molar-refractivity contribution in [1.29, 1.82) is 0 Å². The summed E-state index contributed by atoms with van der Waals surface area (Å²) in [5, 5.41) is 0. The van der Waals surface area contributed by atoms with Crippen LogP contribution in [0.3, 0.4) is 0 Å². The highest BCUT2D eigenvalue weighted by Gasteiger charge is 2.23. The quantitative estimate of drug-likeness (QED) is 0.629. The van der Waals surface area contributed by atoms with Gasteiger partial charge in [-0.25, -0.2) is 4.57 Å². The first kappa shape index (κ1) is 13.6. The van der Waals surface area contributed by atoms with E-state index in [2.05, 4.69) is 55.1 Å². The lowest BCUT2D eigenvalue weighted by Crippen LogP contribution is -2.31. The molecule has 0 N–H and O–H groups in total. The number of pyridine rings is 1. The van der Waals surface area contributed by atoms with Gasteiger partial charge < -0.3 is 0 Å². The maximum atomic E-state index is 8.88. The van der Waals surface area contributed by atoms with E-state index in [0.717, 1.165) is 62.5 Å². The molecular weight excluding hydrogens is 290 g/mol. The van der Waals surface area contributed by atoms with Crippen LogP contribution in [-0.4, -0.2) is 0 Å². The molecule has 4 rings (SSSR count). The predicted octanol–water partition coefficient (Wildman–Crippen LogP) is 5.80. The van der Waals surface area contributed by atoms with Crippen LogP contribution in [0.4, 0.5) is 0 Å². The summed E-state index contributed by atoms with van der Waals surface area (Å²) in [6.07, 6.45) is 10.6. The number of hydrogen-bond acceptors (Lipinski definition) is 0. The van der Waals surface area contributed by atoms with E-state index >= 15 is 0 Å². The zero-order chi connectivity index (χ0) is 18.4. The Labute approximate surface area is 149 Å². The van der Waals surface area contributed by atoms with Crippen LogP contribution < -0.4 is 4.57 Å². The minimum atomic E-state index is -0.420. The van der Waals surface area contributed by atoms with Gasteiger partial charge in [-0.2, -0.15) is 0 Å². The Kier molecular flexibility index (Phi) is 3.81. The van der Waals surface area contributed by atoms with Crippen molar-refractivity contribution in [2.24, 2.45) is 7.05 Å². The fourth-order valence-electron chi connectivity index (χ4n) is 4.36. The number of hydrogen-bond donors (Lipinski definition) is 0. The fraction of sp³-hybridized carbons (Fsp3) is 0.522. The monoisotopic (exact) mass is 322 g/mol. The van der Waals surface area contributed by atoms with Gasteiger partial charge in [0.05, 0.1) is 0 Å². The lowest BCUT2D eigenvalue weighted by Gasteiger charge is -2.14. The summed E-state index contributed by atoms with van der Waals surface area (Å²) in [7, 11) is 2.09. The number of nitrogens with zero attached hydrogens (tertiary/aromatic N) is 1. The van der Waals surface area contributed by atoms with Gasteiger partial charge in [0.15, 0.2) is 6.20 Å². The van der Waals surface area contributed by atoms with E-state index in [1.165, 1.54) is 16.8 Å². The smallest absolute Gasteiger partial charge is 0.201 e. The number of benzene rings is 1. The third-order valence-corrected chi connectivity index (χ3v) is 5.89. The van der Waals surface area contributed by atoms with E-state index in [9.17, 15) is 0 Å².